The lowest BCUT2D eigenvalue weighted by atomic mass is 9.89. The van der Waals surface area contributed by atoms with Crippen LogP contribution in [-0.4, -0.2) is 24.5 Å². The van der Waals surface area contributed by atoms with Crippen molar-refractivity contribution in [3.05, 3.63) is 30.3 Å². The molecule has 1 aromatic carbocycles. The third kappa shape index (κ3) is 2.31. The fraction of sp³-hybridized carbons (Fsp3) is 0.571. The molecular weight excluding hydrogens is 214 g/mol. The molecule has 2 rings (SSSR count). The van der Waals surface area contributed by atoms with E-state index in [0.717, 1.165) is 18.7 Å². The standard InChI is InChI=1S/C14H21NO2/c1-4-14(13(2,3)15-10-11-16-14)17-12-8-6-5-7-9-12/h5-9,15H,4,10-11H2,1-3H3. The van der Waals surface area contributed by atoms with E-state index in [-0.39, 0.29) is 5.54 Å². The molecule has 3 nitrogen and oxygen atoms in total. The van der Waals surface area contributed by atoms with Gasteiger partial charge in [0, 0.05) is 13.0 Å². The Hall–Kier alpha value is -1.06. The lowest BCUT2D eigenvalue weighted by Crippen LogP contribution is -2.67. The van der Waals surface area contributed by atoms with Gasteiger partial charge in [0.1, 0.15) is 5.75 Å². The van der Waals surface area contributed by atoms with Gasteiger partial charge in [0.15, 0.2) is 0 Å². The van der Waals surface area contributed by atoms with Gasteiger partial charge in [-0.1, -0.05) is 25.1 Å². The molecule has 1 atom stereocenters. The summed E-state index contributed by atoms with van der Waals surface area (Å²) in [5, 5.41) is 3.47. The van der Waals surface area contributed by atoms with Crippen molar-refractivity contribution in [2.75, 3.05) is 13.2 Å². The molecule has 94 valence electrons. The molecule has 1 aliphatic rings. The van der Waals surface area contributed by atoms with Gasteiger partial charge in [0.05, 0.1) is 12.1 Å². The van der Waals surface area contributed by atoms with Crippen LogP contribution in [0, 0.1) is 0 Å². The first-order valence-electron chi connectivity index (χ1n) is 6.23. The highest BCUT2D eigenvalue weighted by atomic mass is 16.7. The van der Waals surface area contributed by atoms with Gasteiger partial charge in [-0.2, -0.15) is 0 Å². The Kier molecular flexibility index (Phi) is 3.40. The zero-order valence-electron chi connectivity index (χ0n) is 10.8. The van der Waals surface area contributed by atoms with E-state index >= 15 is 0 Å². The van der Waals surface area contributed by atoms with Crippen molar-refractivity contribution < 1.29 is 9.47 Å². The predicted octanol–water partition coefficient (Wildman–Crippen LogP) is 2.57. The van der Waals surface area contributed by atoms with E-state index in [2.05, 4.69) is 26.1 Å². The molecule has 1 aromatic rings. The summed E-state index contributed by atoms with van der Waals surface area (Å²) in [6.07, 6.45) is 0.807. The van der Waals surface area contributed by atoms with Crippen LogP contribution in [0.1, 0.15) is 27.2 Å². The number of hydrogen-bond acceptors (Lipinski definition) is 3. The Morgan fingerprint density at radius 2 is 2.00 bits per heavy atom. The fourth-order valence-electron chi connectivity index (χ4n) is 2.35. The second-order valence-electron chi connectivity index (χ2n) is 4.92. The Morgan fingerprint density at radius 1 is 1.29 bits per heavy atom. The third-order valence-corrected chi connectivity index (χ3v) is 3.45. The summed E-state index contributed by atoms with van der Waals surface area (Å²) in [6.45, 7) is 7.89. The SMILES string of the molecule is CCC1(Oc2ccccc2)OCCNC1(C)C. The first kappa shape index (κ1) is 12.4. The summed E-state index contributed by atoms with van der Waals surface area (Å²) >= 11 is 0. The lowest BCUT2D eigenvalue weighted by Gasteiger charge is -2.49. The normalized spacial score (nSPS) is 27.7. The van der Waals surface area contributed by atoms with Crippen LogP contribution < -0.4 is 10.1 Å². The summed E-state index contributed by atoms with van der Waals surface area (Å²) in [7, 11) is 0. The van der Waals surface area contributed by atoms with Crippen LogP contribution in [0.15, 0.2) is 30.3 Å². The number of benzene rings is 1. The molecule has 0 aromatic heterocycles. The molecule has 1 aliphatic heterocycles. The van der Waals surface area contributed by atoms with Crippen LogP contribution in [-0.2, 0) is 4.74 Å². The van der Waals surface area contributed by atoms with Gasteiger partial charge in [0.25, 0.3) is 0 Å². The molecule has 3 heteroatoms. The van der Waals surface area contributed by atoms with E-state index in [4.69, 9.17) is 9.47 Å². The maximum atomic E-state index is 6.12. The number of nitrogens with one attached hydrogen (secondary N) is 1. The highest BCUT2D eigenvalue weighted by molar-refractivity contribution is 5.22. The molecular formula is C14H21NO2. The first-order chi connectivity index (χ1) is 8.10. The van der Waals surface area contributed by atoms with Gasteiger partial charge in [-0.3, -0.25) is 0 Å². The summed E-state index contributed by atoms with van der Waals surface area (Å²) in [5.74, 6) is 0.262. The highest BCUT2D eigenvalue weighted by Gasteiger charge is 2.49. The van der Waals surface area contributed by atoms with Gasteiger partial charge < -0.3 is 14.8 Å². The Labute approximate surface area is 103 Å². The predicted molar refractivity (Wildman–Crippen MR) is 68.1 cm³/mol. The zero-order valence-corrected chi connectivity index (χ0v) is 10.8. The summed E-state index contributed by atoms with van der Waals surface area (Å²) in [4.78, 5) is 0. The Morgan fingerprint density at radius 3 is 2.59 bits per heavy atom. The van der Waals surface area contributed by atoms with Crippen LogP contribution in [0.25, 0.3) is 0 Å². The summed E-state index contributed by atoms with van der Waals surface area (Å²) in [6, 6.07) is 9.86. The van der Waals surface area contributed by atoms with Gasteiger partial charge >= 0.3 is 0 Å². The van der Waals surface area contributed by atoms with E-state index in [1.807, 2.05) is 30.3 Å². The molecule has 0 radical (unpaired) electrons. The van der Waals surface area contributed by atoms with Crippen molar-refractivity contribution in [1.29, 1.82) is 0 Å². The quantitative estimate of drug-likeness (QED) is 0.873. The minimum atomic E-state index is -0.591. The van der Waals surface area contributed by atoms with Crippen molar-refractivity contribution >= 4 is 0 Å². The molecule has 17 heavy (non-hydrogen) atoms. The van der Waals surface area contributed by atoms with E-state index in [0.29, 0.717) is 6.61 Å². The first-order valence-corrected chi connectivity index (χ1v) is 6.23. The van der Waals surface area contributed by atoms with Crippen molar-refractivity contribution in [3.8, 4) is 5.75 Å². The average molecular weight is 235 g/mol. The summed E-state index contributed by atoms with van der Waals surface area (Å²) < 4.78 is 12.1. The van der Waals surface area contributed by atoms with Crippen molar-refractivity contribution in [3.63, 3.8) is 0 Å². The smallest absolute Gasteiger partial charge is 0.228 e. The lowest BCUT2D eigenvalue weighted by molar-refractivity contribution is -0.246. The van der Waals surface area contributed by atoms with Crippen LogP contribution in [0.5, 0.6) is 5.75 Å². The van der Waals surface area contributed by atoms with Crippen LogP contribution in [0.4, 0.5) is 0 Å². The molecule has 1 heterocycles. The largest absolute Gasteiger partial charge is 0.460 e. The molecule has 1 fully saturated rings. The monoisotopic (exact) mass is 235 g/mol. The van der Waals surface area contributed by atoms with Crippen LogP contribution >= 0.6 is 0 Å². The van der Waals surface area contributed by atoms with Crippen molar-refractivity contribution in [2.45, 2.75) is 38.5 Å². The van der Waals surface area contributed by atoms with E-state index in [9.17, 15) is 0 Å². The molecule has 1 N–H and O–H groups in total. The van der Waals surface area contributed by atoms with Crippen molar-refractivity contribution in [1.82, 2.24) is 5.32 Å². The third-order valence-electron chi connectivity index (χ3n) is 3.45. The topological polar surface area (TPSA) is 30.5 Å². The van der Waals surface area contributed by atoms with Gasteiger partial charge in [-0.15, -0.1) is 0 Å². The number of hydrogen-bond donors (Lipinski definition) is 1. The maximum Gasteiger partial charge on any atom is 0.228 e. The molecule has 0 aliphatic carbocycles. The molecule has 1 unspecified atom stereocenters. The van der Waals surface area contributed by atoms with Crippen LogP contribution in [0.3, 0.4) is 0 Å². The van der Waals surface area contributed by atoms with E-state index in [1.54, 1.807) is 0 Å². The summed E-state index contributed by atoms with van der Waals surface area (Å²) in [5.41, 5.74) is -0.199. The Bertz CT molecular complexity index is 364. The van der Waals surface area contributed by atoms with Crippen LogP contribution in [0.2, 0.25) is 0 Å². The van der Waals surface area contributed by atoms with E-state index in [1.165, 1.54) is 0 Å². The molecule has 0 spiro atoms. The van der Waals surface area contributed by atoms with Gasteiger partial charge in [0.2, 0.25) is 5.79 Å². The number of rotatable bonds is 3. The molecule has 0 amide bonds. The highest BCUT2D eigenvalue weighted by Crippen LogP contribution is 2.34. The minimum absolute atomic E-state index is 0.199. The average Bonchev–Trinajstić information content (AvgIpc) is 2.33. The maximum absolute atomic E-state index is 6.12. The van der Waals surface area contributed by atoms with E-state index < -0.39 is 5.79 Å². The molecule has 0 bridgehead atoms. The van der Waals surface area contributed by atoms with Gasteiger partial charge in [-0.25, -0.2) is 0 Å². The van der Waals surface area contributed by atoms with Gasteiger partial charge in [-0.05, 0) is 26.0 Å². The molecule has 1 saturated heterocycles. The van der Waals surface area contributed by atoms with Crippen molar-refractivity contribution in [2.24, 2.45) is 0 Å². The second-order valence-corrected chi connectivity index (χ2v) is 4.92. The molecule has 0 saturated carbocycles. The number of morpholine rings is 1. The second kappa shape index (κ2) is 4.67. The fourth-order valence-corrected chi connectivity index (χ4v) is 2.35. The zero-order chi connectivity index (χ0) is 12.4. The minimum Gasteiger partial charge on any atom is -0.460 e. The Balaban J connectivity index is 2.24. The number of ether oxygens (including phenoxy) is 2. The number of para-hydroxylation sites is 1.